The van der Waals surface area contributed by atoms with Gasteiger partial charge in [0.2, 0.25) is 0 Å². The van der Waals surface area contributed by atoms with Gasteiger partial charge in [-0.3, -0.25) is 0 Å². The third-order valence-corrected chi connectivity index (χ3v) is 9.21. The van der Waals surface area contributed by atoms with Crippen molar-refractivity contribution < 1.29 is 19.1 Å². The zero-order valence-electron chi connectivity index (χ0n) is 26.5. The van der Waals surface area contributed by atoms with E-state index in [0.717, 1.165) is 87.1 Å². The molecule has 0 spiro atoms. The number of rotatable bonds is 10. The van der Waals surface area contributed by atoms with Gasteiger partial charge in [-0.05, 0) is 122 Å². The average molecular weight is 599 g/mol. The van der Waals surface area contributed by atoms with Crippen LogP contribution in [0.3, 0.4) is 0 Å². The number of nitrogens with one attached hydrogen (secondary N) is 4. The highest BCUT2D eigenvalue weighted by Crippen LogP contribution is 2.45. The van der Waals surface area contributed by atoms with Crippen LogP contribution in [0.1, 0.15) is 87.5 Å². The average Bonchev–Trinajstić information content (AvgIpc) is 3.02. The molecular weight excluding hydrogens is 552 g/mol. The molecule has 2 aliphatic rings. The van der Waals surface area contributed by atoms with E-state index in [2.05, 4.69) is 47.2 Å². The lowest BCUT2D eigenvalue weighted by Crippen LogP contribution is -2.51. The first kappa shape index (κ1) is 31.2. The Morgan fingerprint density at radius 1 is 0.659 bits per heavy atom. The summed E-state index contributed by atoms with van der Waals surface area (Å²) in [4.78, 5) is 26.8. The predicted molar refractivity (Wildman–Crippen MR) is 176 cm³/mol. The van der Waals surface area contributed by atoms with Crippen LogP contribution in [0.5, 0.6) is 11.5 Å². The molecule has 0 fully saturated rings. The maximum absolute atomic E-state index is 13.4. The summed E-state index contributed by atoms with van der Waals surface area (Å²) < 4.78 is 10.5. The molecule has 0 saturated heterocycles. The van der Waals surface area contributed by atoms with Crippen molar-refractivity contribution in [2.45, 2.75) is 89.1 Å². The number of hydrogen-bond donors (Lipinski definition) is 4. The molecule has 2 atom stereocenters. The highest BCUT2D eigenvalue weighted by molar-refractivity contribution is 5.91. The molecule has 2 aliphatic carbocycles. The minimum absolute atomic E-state index is 0.202. The van der Waals surface area contributed by atoms with Gasteiger partial charge in [-0.2, -0.15) is 0 Å². The smallest absolute Gasteiger partial charge is 0.319 e. The van der Waals surface area contributed by atoms with Crippen LogP contribution < -0.4 is 30.7 Å². The molecule has 0 aromatic heterocycles. The molecule has 8 nitrogen and oxygen atoms in total. The number of urea groups is 2. The second kappa shape index (κ2) is 13.6. The first-order valence-electron chi connectivity index (χ1n) is 16.0. The molecule has 0 aliphatic heterocycles. The van der Waals surface area contributed by atoms with Gasteiger partial charge >= 0.3 is 12.1 Å². The van der Waals surface area contributed by atoms with E-state index in [0.29, 0.717) is 0 Å². The number of benzene rings is 3. The lowest BCUT2D eigenvalue weighted by Gasteiger charge is -2.44. The normalized spacial score (nSPS) is 20.5. The fraction of sp³-hybridized carbons (Fsp3) is 0.444. The fourth-order valence-corrected chi connectivity index (χ4v) is 7.29. The van der Waals surface area contributed by atoms with Gasteiger partial charge in [0, 0.05) is 11.4 Å². The molecular formula is C36H46N4O4. The standard InChI is InChI=1S/C36H46N4O4/c1-5-19-35(39-33(41)37-27-11-15-29(43-3)16-12-27)21-7-9-25-24-32-26(23-31(25)35)10-8-22-36(32,20-6-2)40-34(42)38-28-13-17-30(44-4)18-14-28/h11-18,23-24H,5-10,19-22H2,1-4H3,(H2,37,39,41)(H2,38,40,42)/t35-,36-/m0/s1. The Bertz CT molecular complexity index is 1340. The molecule has 234 valence electrons. The van der Waals surface area contributed by atoms with Gasteiger partial charge in [0.15, 0.2) is 0 Å². The molecule has 8 heteroatoms. The molecule has 0 heterocycles. The van der Waals surface area contributed by atoms with E-state index in [1.54, 1.807) is 14.2 Å². The topological polar surface area (TPSA) is 101 Å². The Kier molecular flexibility index (Phi) is 9.67. The highest BCUT2D eigenvalue weighted by Gasteiger charge is 2.42. The lowest BCUT2D eigenvalue weighted by atomic mass is 9.68. The Morgan fingerprint density at radius 3 is 1.39 bits per heavy atom. The van der Waals surface area contributed by atoms with Crippen molar-refractivity contribution in [2.24, 2.45) is 0 Å². The molecule has 3 aromatic carbocycles. The molecule has 4 amide bonds. The molecule has 0 radical (unpaired) electrons. The first-order valence-corrected chi connectivity index (χ1v) is 16.0. The van der Waals surface area contributed by atoms with Crippen LogP contribution >= 0.6 is 0 Å². The molecule has 44 heavy (non-hydrogen) atoms. The molecule has 3 aromatic rings. The summed E-state index contributed by atoms with van der Waals surface area (Å²) in [5, 5.41) is 12.9. The number of fused-ring (bicyclic) bond motifs is 2. The van der Waals surface area contributed by atoms with E-state index in [9.17, 15) is 9.59 Å². The maximum Gasteiger partial charge on any atom is 0.319 e. The van der Waals surface area contributed by atoms with E-state index in [-0.39, 0.29) is 12.1 Å². The number of ether oxygens (including phenoxy) is 2. The zero-order chi connectivity index (χ0) is 31.2. The second-order valence-electron chi connectivity index (χ2n) is 12.2. The SMILES string of the molecule is CCC[C@]1(NC(=O)Nc2ccc(OC)cc2)CCCc2cc3c(cc21)CCC[C@]3(CCC)NC(=O)Nc1ccc(OC)cc1. The van der Waals surface area contributed by atoms with Crippen molar-refractivity contribution >= 4 is 23.4 Å². The first-order chi connectivity index (χ1) is 21.3. The van der Waals surface area contributed by atoms with Crippen LogP contribution in [-0.4, -0.2) is 26.3 Å². The largest absolute Gasteiger partial charge is 0.497 e. The van der Waals surface area contributed by atoms with Crippen LogP contribution in [0.15, 0.2) is 60.7 Å². The number of hydrogen-bond acceptors (Lipinski definition) is 4. The number of anilines is 2. The van der Waals surface area contributed by atoms with Gasteiger partial charge in [0.1, 0.15) is 11.5 Å². The van der Waals surface area contributed by atoms with Gasteiger partial charge < -0.3 is 30.7 Å². The Balaban J connectivity index is 1.43. The van der Waals surface area contributed by atoms with Gasteiger partial charge in [0.25, 0.3) is 0 Å². The van der Waals surface area contributed by atoms with Gasteiger partial charge in [-0.25, -0.2) is 9.59 Å². The van der Waals surface area contributed by atoms with Crippen molar-refractivity contribution in [1.29, 1.82) is 0 Å². The quantitative estimate of drug-likeness (QED) is 0.190. The summed E-state index contributed by atoms with van der Waals surface area (Å²) in [7, 11) is 3.26. The van der Waals surface area contributed by atoms with Crippen LogP contribution in [-0.2, 0) is 23.9 Å². The van der Waals surface area contributed by atoms with E-state index >= 15 is 0 Å². The summed E-state index contributed by atoms with van der Waals surface area (Å²) in [6.07, 6.45) is 9.29. The minimum Gasteiger partial charge on any atom is -0.497 e. The molecule has 4 N–H and O–H groups in total. The van der Waals surface area contributed by atoms with Gasteiger partial charge in [-0.15, -0.1) is 0 Å². The van der Waals surface area contributed by atoms with Crippen molar-refractivity contribution in [3.8, 4) is 11.5 Å². The third-order valence-electron chi connectivity index (χ3n) is 9.21. The molecule has 5 rings (SSSR count). The Hall–Kier alpha value is -4.20. The maximum atomic E-state index is 13.4. The van der Waals surface area contributed by atoms with Gasteiger partial charge in [0.05, 0.1) is 25.3 Å². The van der Waals surface area contributed by atoms with E-state index < -0.39 is 11.1 Å². The molecule has 0 bridgehead atoms. The van der Waals surface area contributed by atoms with E-state index in [1.807, 2.05) is 48.5 Å². The second-order valence-corrected chi connectivity index (χ2v) is 12.2. The van der Waals surface area contributed by atoms with E-state index in [4.69, 9.17) is 9.47 Å². The summed E-state index contributed by atoms with van der Waals surface area (Å²) in [6, 6.07) is 19.0. The zero-order valence-corrected chi connectivity index (χ0v) is 26.5. The fourth-order valence-electron chi connectivity index (χ4n) is 7.29. The summed E-state index contributed by atoms with van der Waals surface area (Å²) >= 11 is 0. The van der Waals surface area contributed by atoms with Crippen molar-refractivity contribution in [1.82, 2.24) is 10.6 Å². The number of carbonyl (C=O) groups is 2. The van der Waals surface area contributed by atoms with Crippen molar-refractivity contribution in [3.63, 3.8) is 0 Å². The Morgan fingerprint density at radius 2 is 1.05 bits per heavy atom. The van der Waals surface area contributed by atoms with Crippen LogP contribution in [0.25, 0.3) is 0 Å². The molecule has 0 saturated carbocycles. The van der Waals surface area contributed by atoms with Crippen molar-refractivity contribution in [3.05, 3.63) is 82.9 Å². The summed E-state index contributed by atoms with van der Waals surface area (Å²) in [5.74, 6) is 1.49. The van der Waals surface area contributed by atoms with Crippen molar-refractivity contribution in [2.75, 3.05) is 24.9 Å². The number of aryl methyl sites for hydroxylation is 2. The Labute approximate surface area is 261 Å². The minimum atomic E-state index is -0.446. The third kappa shape index (κ3) is 6.64. The van der Waals surface area contributed by atoms with Crippen LogP contribution in [0.2, 0.25) is 0 Å². The van der Waals surface area contributed by atoms with Gasteiger partial charge in [-0.1, -0.05) is 38.8 Å². The molecule has 0 unspecified atom stereocenters. The number of carbonyl (C=O) groups excluding carboxylic acids is 2. The number of methoxy groups -OCH3 is 2. The monoisotopic (exact) mass is 598 g/mol. The summed E-state index contributed by atoms with van der Waals surface area (Å²) in [5.41, 5.74) is 5.55. The van der Waals surface area contributed by atoms with Crippen LogP contribution in [0, 0.1) is 0 Å². The predicted octanol–water partition coefficient (Wildman–Crippen LogP) is 8.01. The lowest BCUT2D eigenvalue weighted by molar-refractivity contribution is 0.218. The summed E-state index contributed by atoms with van der Waals surface area (Å²) in [6.45, 7) is 4.35. The van der Waals surface area contributed by atoms with E-state index in [1.165, 1.54) is 22.3 Å². The number of amides is 4. The van der Waals surface area contributed by atoms with Crippen LogP contribution in [0.4, 0.5) is 21.0 Å². The highest BCUT2D eigenvalue weighted by atomic mass is 16.5.